The number of rotatable bonds is 8. The summed E-state index contributed by atoms with van der Waals surface area (Å²) >= 11 is 0. The third-order valence-electron chi connectivity index (χ3n) is 3.37. The van der Waals surface area contributed by atoms with Crippen molar-refractivity contribution in [2.24, 2.45) is 10.9 Å². The highest BCUT2D eigenvalue weighted by molar-refractivity contribution is 5.80. The Morgan fingerprint density at radius 2 is 1.75 bits per heavy atom. The van der Waals surface area contributed by atoms with Crippen molar-refractivity contribution in [3.05, 3.63) is 23.8 Å². The fraction of sp³-hybridized carbons (Fsp3) is 0.529. The maximum Gasteiger partial charge on any atom is 0.222 e. The topological polar surface area (TPSA) is 84.0 Å². The summed E-state index contributed by atoms with van der Waals surface area (Å²) in [4.78, 5) is 15.6. The van der Waals surface area contributed by atoms with Crippen molar-refractivity contribution in [3.63, 3.8) is 0 Å². The molecule has 0 unspecified atom stereocenters. The van der Waals surface area contributed by atoms with Crippen LogP contribution in [0.25, 0.3) is 0 Å². The predicted molar refractivity (Wildman–Crippen MR) is 95.6 cm³/mol. The number of methoxy groups -OCH3 is 2. The van der Waals surface area contributed by atoms with Crippen LogP contribution < -0.4 is 25.4 Å². The van der Waals surface area contributed by atoms with Crippen LogP contribution in [0, 0.1) is 5.92 Å². The van der Waals surface area contributed by atoms with Crippen LogP contribution in [0.4, 0.5) is 0 Å². The lowest BCUT2D eigenvalue weighted by molar-refractivity contribution is -0.123. The molecule has 0 fully saturated rings. The average Bonchev–Trinajstić information content (AvgIpc) is 2.60. The Morgan fingerprint density at radius 1 is 1.08 bits per heavy atom. The van der Waals surface area contributed by atoms with E-state index >= 15 is 0 Å². The van der Waals surface area contributed by atoms with Gasteiger partial charge in [-0.1, -0.05) is 19.9 Å². The van der Waals surface area contributed by atoms with Crippen molar-refractivity contribution in [2.75, 3.05) is 34.4 Å². The van der Waals surface area contributed by atoms with E-state index in [2.05, 4.69) is 20.9 Å². The molecule has 0 aliphatic heterocycles. The van der Waals surface area contributed by atoms with Crippen molar-refractivity contribution in [1.29, 1.82) is 0 Å². The van der Waals surface area contributed by atoms with Crippen LogP contribution in [0.1, 0.15) is 19.4 Å². The van der Waals surface area contributed by atoms with E-state index in [9.17, 15) is 4.79 Å². The van der Waals surface area contributed by atoms with Gasteiger partial charge in [-0.3, -0.25) is 9.79 Å². The smallest absolute Gasteiger partial charge is 0.222 e. The first-order chi connectivity index (χ1) is 11.5. The van der Waals surface area contributed by atoms with Crippen LogP contribution in [0.5, 0.6) is 11.5 Å². The normalized spacial score (nSPS) is 11.2. The van der Waals surface area contributed by atoms with Gasteiger partial charge in [-0.05, 0) is 17.7 Å². The Labute approximate surface area is 143 Å². The number of ether oxygens (including phenoxy) is 2. The Morgan fingerprint density at radius 3 is 2.33 bits per heavy atom. The highest BCUT2D eigenvalue weighted by atomic mass is 16.5. The van der Waals surface area contributed by atoms with Crippen LogP contribution in [0.15, 0.2) is 23.2 Å². The third kappa shape index (κ3) is 6.36. The second-order valence-electron chi connectivity index (χ2n) is 5.49. The SMILES string of the molecule is CN=C(NCCNC(=O)C(C)C)NCc1ccc(OC)c(OC)c1. The number of amides is 1. The van der Waals surface area contributed by atoms with E-state index in [4.69, 9.17) is 9.47 Å². The van der Waals surface area contributed by atoms with Crippen LogP contribution in [-0.2, 0) is 11.3 Å². The second kappa shape index (κ2) is 10.4. The minimum atomic E-state index is -0.00695. The van der Waals surface area contributed by atoms with Crippen LogP contribution in [-0.4, -0.2) is 46.2 Å². The molecule has 24 heavy (non-hydrogen) atoms. The maximum absolute atomic E-state index is 11.5. The predicted octanol–water partition coefficient (Wildman–Crippen LogP) is 1.14. The summed E-state index contributed by atoms with van der Waals surface area (Å²) in [5, 5.41) is 9.22. The summed E-state index contributed by atoms with van der Waals surface area (Å²) in [6.07, 6.45) is 0. The highest BCUT2D eigenvalue weighted by Gasteiger charge is 2.06. The minimum Gasteiger partial charge on any atom is -0.493 e. The number of benzene rings is 1. The molecule has 0 heterocycles. The van der Waals surface area contributed by atoms with Crippen molar-refractivity contribution in [1.82, 2.24) is 16.0 Å². The summed E-state index contributed by atoms with van der Waals surface area (Å²) in [6, 6.07) is 5.75. The molecule has 0 spiro atoms. The van der Waals surface area contributed by atoms with E-state index in [0.29, 0.717) is 37.1 Å². The largest absolute Gasteiger partial charge is 0.493 e. The van der Waals surface area contributed by atoms with Gasteiger partial charge in [0.25, 0.3) is 0 Å². The summed E-state index contributed by atoms with van der Waals surface area (Å²) in [5.74, 6) is 2.10. The third-order valence-corrected chi connectivity index (χ3v) is 3.37. The molecule has 1 rings (SSSR count). The zero-order chi connectivity index (χ0) is 17.9. The van der Waals surface area contributed by atoms with Gasteiger partial charge in [-0.15, -0.1) is 0 Å². The Balaban J connectivity index is 2.43. The number of hydrogen-bond acceptors (Lipinski definition) is 4. The highest BCUT2D eigenvalue weighted by Crippen LogP contribution is 2.27. The van der Waals surface area contributed by atoms with Gasteiger partial charge < -0.3 is 25.4 Å². The van der Waals surface area contributed by atoms with E-state index in [-0.39, 0.29) is 11.8 Å². The fourth-order valence-electron chi connectivity index (χ4n) is 1.97. The Bertz CT molecular complexity index is 559. The Hall–Kier alpha value is -2.44. The first-order valence-corrected chi connectivity index (χ1v) is 7.95. The zero-order valence-corrected chi connectivity index (χ0v) is 15.1. The summed E-state index contributed by atoms with van der Waals surface area (Å²) in [7, 11) is 4.93. The van der Waals surface area contributed by atoms with E-state index in [1.807, 2.05) is 32.0 Å². The molecule has 0 saturated carbocycles. The van der Waals surface area contributed by atoms with Gasteiger partial charge in [0.15, 0.2) is 17.5 Å². The molecule has 0 bridgehead atoms. The molecule has 0 saturated heterocycles. The summed E-state index contributed by atoms with van der Waals surface area (Å²) < 4.78 is 10.5. The van der Waals surface area contributed by atoms with Gasteiger partial charge in [0.2, 0.25) is 5.91 Å². The summed E-state index contributed by atoms with van der Waals surface area (Å²) in [5.41, 5.74) is 1.05. The van der Waals surface area contributed by atoms with Gasteiger partial charge in [0, 0.05) is 32.6 Å². The average molecular weight is 336 g/mol. The lowest BCUT2D eigenvalue weighted by Crippen LogP contribution is -2.41. The number of nitrogens with one attached hydrogen (secondary N) is 3. The number of carbonyl (C=O) groups is 1. The van der Waals surface area contributed by atoms with Gasteiger partial charge in [0.1, 0.15) is 0 Å². The zero-order valence-electron chi connectivity index (χ0n) is 15.1. The van der Waals surface area contributed by atoms with Gasteiger partial charge in [-0.2, -0.15) is 0 Å². The van der Waals surface area contributed by atoms with E-state index < -0.39 is 0 Å². The van der Waals surface area contributed by atoms with Crippen LogP contribution >= 0.6 is 0 Å². The van der Waals surface area contributed by atoms with Crippen molar-refractivity contribution < 1.29 is 14.3 Å². The first-order valence-electron chi connectivity index (χ1n) is 7.95. The summed E-state index contributed by atoms with van der Waals surface area (Å²) in [6.45, 7) is 5.48. The van der Waals surface area contributed by atoms with Gasteiger partial charge in [-0.25, -0.2) is 0 Å². The van der Waals surface area contributed by atoms with Crippen molar-refractivity contribution >= 4 is 11.9 Å². The molecule has 0 aliphatic carbocycles. The quantitative estimate of drug-likeness (QED) is 0.377. The molecule has 1 amide bonds. The van der Waals surface area contributed by atoms with E-state index in [1.54, 1.807) is 21.3 Å². The van der Waals surface area contributed by atoms with Crippen LogP contribution in [0.3, 0.4) is 0 Å². The molecular weight excluding hydrogens is 308 g/mol. The molecule has 7 heteroatoms. The minimum absolute atomic E-state index is 0.00695. The van der Waals surface area contributed by atoms with Gasteiger partial charge >= 0.3 is 0 Å². The molecule has 3 N–H and O–H groups in total. The second-order valence-corrected chi connectivity index (χ2v) is 5.49. The lowest BCUT2D eigenvalue weighted by Gasteiger charge is -2.14. The molecule has 1 aromatic rings. The molecular formula is C17H28N4O3. The molecule has 0 aliphatic rings. The number of carbonyl (C=O) groups excluding carboxylic acids is 1. The van der Waals surface area contributed by atoms with Crippen molar-refractivity contribution in [2.45, 2.75) is 20.4 Å². The van der Waals surface area contributed by atoms with E-state index in [1.165, 1.54) is 0 Å². The number of nitrogens with zero attached hydrogens (tertiary/aromatic N) is 1. The molecule has 134 valence electrons. The molecule has 0 radical (unpaired) electrons. The Kier molecular flexibility index (Phi) is 8.46. The number of aliphatic imine (C=N–C) groups is 1. The molecule has 7 nitrogen and oxygen atoms in total. The number of hydrogen-bond donors (Lipinski definition) is 3. The van der Waals surface area contributed by atoms with E-state index in [0.717, 1.165) is 5.56 Å². The standard InChI is InChI=1S/C17H28N4O3/c1-12(2)16(22)19-8-9-20-17(18-3)21-11-13-6-7-14(23-4)15(10-13)24-5/h6-7,10,12H,8-9,11H2,1-5H3,(H,19,22)(H2,18,20,21). The first kappa shape index (κ1) is 19.6. The monoisotopic (exact) mass is 336 g/mol. The fourth-order valence-corrected chi connectivity index (χ4v) is 1.97. The lowest BCUT2D eigenvalue weighted by atomic mass is 10.2. The molecule has 0 atom stereocenters. The maximum atomic E-state index is 11.5. The number of guanidine groups is 1. The molecule has 0 aromatic heterocycles. The van der Waals surface area contributed by atoms with Crippen molar-refractivity contribution in [3.8, 4) is 11.5 Å². The van der Waals surface area contributed by atoms with Crippen LogP contribution in [0.2, 0.25) is 0 Å². The molecule has 1 aromatic carbocycles. The van der Waals surface area contributed by atoms with Gasteiger partial charge in [0.05, 0.1) is 14.2 Å².